The summed E-state index contributed by atoms with van der Waals surface area (Å²) in [6.45, 7) is 3.95. The third-order valence-electron chi connectivity index (χ3n) is 3.86. The lowest BCUT2D eigenvalue weighted by Gasteiger charge is -2.03. The summed E-state index contributed by atoms with van der Waals surface area (Å²) in [5, 5.41) is 13.5. The molecule has 1 N–H and O–H groups in total. The van der Waals surface area contributed by atoms with Gasteiger partial charge in [-0.2, -0.15) is 5.10 Å². The lowest BCUT2D eigenvalue weighted by atomic mass is 10.2. The lowest BCUT2D eigenvalue weighted by Crippen LogP contribution is -1.97. The number of carbonyl (C=O) groups is 1. The summed E-state index contributed by atoms with van der Waals surface area (Å²) >= 11 is 0. The number of aromatic carboxylic acids is 1. The summed E-state index contributed by atoms with van der Waals surface area (Å²) in [5.41, 5.74) is 4.75. The Morgan fingerprint density at radius 1 is 1.24 bits per heavy atom. The molecule has 0 amide bonds. The van der Waals surface area contributed by atoms with Crippen LogP contribution in [0.25, 0.3) is 22.4 Å². The first-order valence-electron chi connectivity index (χ1n) is 6.60. The Balaban J connectivity index is 2.29. The second-order valence-electron chi connectivity index (χ2n) is 5.17. The zero-order valence-corrected chi connectivity index (χ0v) is 12.4. The molecule has 0 aliphatic carbocycles. The van der Waals surface area contributed by atoms with E-state index in [0.29, 0.717) is 5.52 Å². The van der Waals surface area contributed by atoms with Crippen molar-refractivity contribution in [2.45, 2.75) is 13.8 Å². The smallest absolute Gasteiger partial charge is 0.335 e. The van der Waals surface area contributed by atoms with Gasteiger partial charge in [-0.3, -0.25) is 4.68 Å². The van der Waals surface area contributed by atoms with Crippen LogP contribution in [-0.2, 0) is 14.1 Å². The predicted molar refractivity (Wildman–Crippen MR) is 79.3 cm³/mol. The van der Waals surface area contributed by atoms with E-state index in [2.05, 4.69) is 10.1 Å². The molecule has 108 valence electrons. The maximum absolute atomic E-state index is 11.1. The Labute approximate surface area is 121 Å². The minimum absolute atomic E-state index is 0.242. The topological polar surface area (TPSA) is 72.9 Å². The molecule has 0 bridgehead atoms. The van der Waals surface area contributed by atoms with E-state index in [-0.39, 0.29) is 5.56 Å². The van der Waals surface area contributed by atoms with Gasteiger partial charge in [-0.1, -0.05) is 0 Å². The molecule has 21 heavy (non-hydrogen) atoms. The Bertz CT molecular complexity index is 874. The van der Waals surface area contributed by atoms with Crippen LogP contribution in [-0.4, -0.2) is 30.4 Å². The number of carboxylic acids is 1. The van der Waals surface area contributed by atoms with Crippen LogP contribution in [0.2, 0.25) is 0 Å². The van der Waals surface area contributed by atoms with Gasteiger partial charge in [0.05, 0.1) is 27.9 Å². The highest BCUT2D eigenvalue weighted by atomic mass is 16.4. The molecule has 0 spiro atoms. The molecule has 0 radical (unpaired) electrons. The van der Waals surface area contributed by atoms with E-state index in [9.17, 15) is 4.79 Å². The number of aromatic nitrogens is 4. The van der Waals surface area contributed by atoms with E-state index < -0.39 is 5.97 Å². The van der Waals surface area contributed by atoms with Gasteiger partial charge in [0, 0.05) is 19.8 Å². The highest BCUT2D eigenvalue weighted by molar-refractivity contribution is 5.93. The van der Waals surface area contributed by atoms with Crippen molar-refractivity contribution < 1.29 is 9.90 Å². The zero-order valence-electron chi connectivity index (χ0n) is 12.4. The molecule has 0 aliphatic heterocycles. The van der Waals surface area contributed by atoms with Gasteiger partial charge < -0.3 is 9.67 Å². The number of hydrogen-bond acceptors (Lipinski definition) is 3. The van der Waals surface area contributed by atoms with Crippen LogP contribution < -0.4 is 0 Å². The standard InChI is InChI=1S/C15H16N4O2/c1-8-13(9(2)19(4)17-8)14-16-11-7-10(15(20)21)5-6-12(11)18(14)3/h5-7H,1-4H3,(H,20,21). The monoisotopic (exact) mass is 284 g/mol. The summed E-state index contributed by atoms with van der Waals surface area (Å²) in [7, 11) is 3.83. The van der Waals surface area contributed by atoms with Crippen LogP contribution in [0.3, 0.4) is 0 Å². The summed E-state index contributed by atoms with van der Waals surface area (Å²) in [6, 6.07) is 4.98. The first-order valence-corrected chi connectivity index (χ1v) is 6.60. The molecule has 0 saturated carbocycles. The maximum Gasteiger partial charge on any atom is 0.335 e. The number of carboxylic acid groups (broad SMARTS) is 1. The molecule has 2 heterocycles. The SMILES string of the molecule is Cc1nn(C)c(C)c1-c1nc2cc(C(=O)O)ccc2n1C. The first kappa shape index (κ1) is 13.4. The van der Waals surface area contributed by atoms with E-state index in [1.54, 1.807) is 18.2 Å². The first-order chi connectivity index (χ1) is 9.90. The van der Waals surface area contributed by atoms with Gasteiger partial charge in [0.15, 0.2) is 0 Å². The van der Waals surface area contributed by atoms with Crippen molar-refractivity contribution in [1.29, 1.82) is 0 Å². The lowest BCUT2D eigenvalue weighted by molar-refractivity contribution is 0.0697. The molecular weight excluding hydrogens is 268 g/mol. The van der Waals surface area contributed by atoms with E-state index >= 15 is 0 Å². The minimum atomic E-state index is -0.946. The van der Waals surface area contributed by atoms with Gasteiger partial charge in [0.25, 0.3) is 0 Å². The van der Waals surface area contributed by atoms with Crippen molar-refractivity contribution in [1.82, 2.24) is 19.3 Å². The quantitative estimate of drug-likeness (QED) is 0.783. The van der Waals surface area contributed by atoms with Gasteiger partial charge in [-0.05, 0) is 32.0 Å². The van der Waals surface area contributed by atoms with E-state index in [4.69, 9.17) is 5.11 Å². The normalized spacial score (nSPS) is 11.2. The molecule has 0 atom stereocenters. The summed E-state index contributed by atoms with van der Waals surface area (Å²) in [5.74, 6) is -0.145. The second-order valence-corrected chi connectivity index (χ2v) is 5.17. The maximum atomic E-state index is 11.1. The fourth-order valence-corrected chi connectivity index (χ4v) is 2.65. The van der Waals surface area contributed by atoms with Crippen LogP contribution in [0.4, 0.5) is 0 Å². The Morgan fingerprint density at radius 2 is 1.95 bits per heavy atom. The van der Waals surface area contributed by atoms with Crippen molar-refractivity contribution in [3.63, 3.8) is 0 Å². The summed E-state index contributed by atoms with van der Waals surface area (Å²) < 4.78 is 3.80. The van der Waals surface area contributed by atoms with Gasteiger partial charge in [-0.25, -0.2) is 9.78 Å². The number of benzene rings is 1. The number of hydrogen-bond donors (Lipinski definition) is 1. The third-order valence-corrected chi connectivity index (χ3v) is 3.86. The van der Waals surface area contributed by atoms with Crippen LogP contribution in [0.1, 0.15) is 21.7 Å². The summed E-state index contributed by atoms with van der Waals surface area (Å²) in [4.78, 5) is 15.7. The van der Waals surface area contributed by atoms with Gasteiger partial charge in [0.2, 0.25) is 0 Å². The van der Waals surface area contributed by atoms with Crippen molar-refractivity contribution in [2.24, 2.45) is 14.1 Å². The van der Waals surface area contributed by atoms with Crippen molar-refractivity contribution >= 4 is 17.0 Å². The molecule has 3 aromatic rings. The molecule has 0 unspecified atom stereocenters. The molecule has 3 rings (SSSR count). The molecule has 6 nitrogen and oxygen atoms in total. The highest BCUT2D eigenvalue weighted by Crippen LogP contribution is 2.29. The largest absolute Gasteiger partial charge is 0.478 e. The van der Waals surface area contributed by atoms with Crippen LogP contribution in [0.5, 0.6) is 0 Å². The van der Waals surface area contributed by atoms with Crippen LogP contribution in [0, 0.1) is 13.8 Å². The molecular formula is C15H16N4O2. The van der Waals surface area contributed by atoms with Crippen molar-refractivity contribution in [3.05, 3.63) is 35.2 Å². The predicted octanol–water partition coefficient (Wildman–Crippen LogP) is 2.29. The van der Waals surface area contributed by atoms with Crippen molar-refractivity contribution in [2.75, 3.05) is 0 Å². The molecule has 0 fully saturated rings. The van der Waals surface area contributed by atoms with Crippen LogP contribution in [0.15, 0.2) is 18.2 Å². The number of rotatable bonds is 2. The van der Waals surface area contributed by atoms with E-state index in [0.717, 1.165) is 28.3 Å². The Morgan fingerprint density at radius 3 is 2.52 bits per heavy atom. The Hall–Kier alpha value is -2.63. The van der Waals surface area contributed by atoms with E-state index in [1.807, 2.05) is 37.2 Å². The number of fused-ring (bicyclic) bond motifs is 1. The van der Waals surface area contributed by atoms with Gasteiger partial charge in [0.1, 0.15) is 5.82 Å². The number of nitrogens with zero attached hydrogens (tertiary/aromatic N) is 4. The Kier molecular flexibility index (Phi) is 2.83. The third kappa shape index (κ3) is 1.91. The molecule has 1 aromatic carbocycles. The minimum Gasteiger partial charge on any atom is -0.478 e. The van der Waals surface area contributed by atoms with Gasteiger partial charge >= 0.3 is 5.97 Å². The fourth-order valence-electron chi connectivity index (χ4n) is 2.65. The average molecular weight is 284 g/mol. The molecule has 2 aromatic heterocycles. The average Bonchev–Trinajstić information content (AvgIpc) is 2.87. The number of aryl methyl sites for hydroxylation is 3. The van der Waals surface area contributed by atoms with Gasteiger partial charge in [-0.15, -0.1) is 0 Å². The van der Waals surface area contributed by atoms with Crippen molar-refractivity contribution in [3.8, 4) is 11.4 Å². The second kappa shape index (κ2) is 4.44. The highest BCUT2D eigenvalue weighted by Gasteiger charge is 2.18. The molecule has 0 aliphatic rings. The fraction of sp³-hybridized carbons (Fsp3) is 0.267. The molecule has 0 saturated heterocycles. The molecule has 6 heteroatoms. The van der Waals surface area contributed by atoms with E-state index in [1.165, 1.54) is 0 Å². The van der Waals surface area contributed by atoms with Crippen LogP contribution >= 0.6 is 0 Å². The summed E-state index contributed by atoms with van der Waals surface area (Å²) in [6.07, 6.45) is 0. The zero-order chi connectivity index (χ0) is 15.3. The number of imidazole rings is 1.